The van der Waals surface area contributed by atoms with Crippen molar-refractivity contribution in [3.63, 3.8) is 0 Å². The van der Waals surface area contributed by atoms with E-state index in [-0.39, 0.29) is 37.8 Å². The fourth-order valence-electron chi connectivity index (χ4n) is 1.79. The van der Waals surface area contributed by atoms with Crippen molar-refractivity contribution in [1.82, 2.24) is 0 Å². The molecule has 0 aromatic heterocycles. The lowest BCUT2D eigenvalue weighted by atomic mass is 10.2. The number of aliphatic hydroxyl groups is 1. The minimum atomic E-state index is -1.01. The van der Waals surface area contributed by atoms with Crippen LogP contribution in [-0.4, -0.2) is 72.5 Å². The molecule has 0 heterocycles. The van der Waals surface area contributed by atoms with Crippen LogP contribution in [0.4, 0.5) is 0 Å². The van der Waals surface area contributed by atoms with Crippen LogP contribution < -0.4 is 0 Å². The number of rotatable bonds is 15. The Kier molecular flexibility index (Phi) is 13.5. The van der Waals surface area contributed by atoms with Crippen molar-refractivity contribution in [1.29, 1.82) is 0 Å². The molecule has 0 aromatic rings. The van der Waals surface area contributed by atoms with E-state index in [2.05, 4.69) is 0 Å². The Morgan fingerprint density at radius 3 is 1.73 bits per heavy atom. The zero-order chi connectivity index (χ0) is 19.9. The molecule has 150 valence electrons. The van der Waals surface area contributed by atoms with Crippen molar-refractivity contribution in [2.75, 3.05) is 33.0 Å². The van der Waals surface area contributed by atoms with Gasteiger partial charge >= 0.3 is 11.9 Å². The lowest BCUT2D eigenvalue weighted by molar-refractivity contribution is -0.132. The third-order valence-corrected chi connectivity index (χ3v) is 3.08. The molecule has 0 rings (SSSR count). The Hall–Kier alpha value is -1.74. The van der Waals surface area contributed by atoms with Crippen molar-refractivity contribution in [2.24, 2.45) is 11.8 Å². The summed E-state index contributed by atoms with van der Waals surface area (Å²) in [6, 6.07) is 0. The van der Waals surface area contributed by atoms with Gasteiger partial charge in [-0.15, -0.1) is 0 Å². The maximum absolute atomic E-state index is 10.5. The van der Waals surface area contributed by atoms with Gasteiger partial charge in [-0.25, -0.2) is 9.59 Å². The number of carboxylic acid groups (broad SMARTS) is 2. The standard InChI is InChI=1S/C18H30O8/c1-13(4-6-17(20)21)8-24-11-16(12-25-10-15(3)19)26-9-14(2)5-7-18(22)23/h4-7,13-16,19H,8-12H2,1-3H3,(H,20,21)(H,22,23)/b6-4+,7-5+/t13-,14-,15+,16+/m1/s1. The van der Waals surface area contributed by atoms with Crippen molar-refractivity contribution in [2.45, 2.75) is 33.0 Å². The van der Waals surface area contributed by atoms with Gasteiger partial charge in [0.05, 0.1) is 39.1 Å². The maximum Gasteiger partial charge on any atom is 0.327 e. The third-order valence-electron chi connectivity index (χ3n) is 3.08. The summed E-state index contributed by atoms with van der Waals surface area (Å²) in [6.07, 6.45) is 4.25. The van der Waals surface area contributed by atoms with Crippen LogP contribution >= 0.6 is 0 Å². The summed E-state index contributed by atoms with van der Waals surface area (Å²) >= 11 is 0. The summed E-state index contributed by atoms with van der Waals surface area (Å²) < 4.78 is 16.6. The first kappa shape index (κ1) is 24.3. The molecule has 4 atom stereocenters. The Balaban J connectivity index is 4.36. The van der Waals surface area contributed by atoms with Gasteiger partial charge < -0.3 is 29.5 Å². The summed E-state index contributed by atoms with van der Waals surface area (Å²) in [6.45, 7) is 6.53. The number of aliphatic carboxylic acids is 2. The lowest BCUT2D eigenvalue weighted by Gasteiger charge is -2.20. The molecule has 0 saturated heterocycles. The van der Waals surface area contributed by atoms with E-state index < -0.39 is 18.0 Å². The number of carbonyl (C=O) groups is 2. The molecule has 0 aliphatic carbocycles. The predicted octanol–water partition coefficient (Wildman–Crippen LogP) is 1.34. The van der Waals surface area contributed by atoms with Crippen LogP contribution in [0.1, 0.15) is 20.8 Å². The van der Waals surface area contributed by atoms with Gasteiger partial charge in [-0.05, 0) is 18.8 Å². The summed E-state index contributed by atoms with van der Waals surface area (Å²) in [5, 5.41) is 26.5. The molecule has 8 heteroatoms. The number of aliphatic hydroxyl groups excluding tert-OH is 1. The van der Waals surface area contributed by atoms with Gasteiger partial charge in [0.2, 0.25) is 0 Å². The smallest absolute Gasteiger partial charge is 0.327 e. The van der Waals surface area contributed by atoms with Crippen molar-refractivity contribution in [3.8, 4) is 0 Å². The highest BCUT2D eigenvalue weighted by atomic mass is 16.6. The number of hydrogen-bond donors (Lipinski definition) is 3. The van der Waals surface area contributed by atoms with Gasteiger partial charge in [0.15, 0.2) is 0 Å². The maximum atomic E-state index is 10.5. The van der Waals surface area contributed by atoms with Crippen LogP contribution in [0.5, 0.6) is 0 Å². The van der Waals surface area contributed by atoms with E-state index in [0.29, 0.717) is 13.2 Å². The van der Waals surface area contributed by atoms with E-state index in [1.165, 1.54) is 6.08 Å². The molecule has 0 aliphatic rings. The lowest BCUT2D eigenvalue weighted by Crippen LogP contribution is -2.29. The molecule has 0 amide bonds. The zero-order valence-electron chi connectivity index (χ0n) is 15.5. The van der Waals surface area contributed by atoms with Gasteiger partial charge in [0.1, 0.15) is 6.10 Å². The fraction of sp³-hybridized carbons (Fsp3) is 0.667. The van der Waals surface area contributed by atoms with Gasteiger partial charge in [-0.1, -0.05) is 26.0 Å². The molecule has 0 aliphatic heterocycles. The minimum absolute atomic E-state index is 0.0671. The van der Waals surface area contributed by atoms with Crippen LogP contribution in [0, 0.1) is 11.8 Å². The molecule has 26 heavy (non-hydrogen) atoms. The first-order chi connectivity index (χ1) is 12.2. The van der Waals surface area contributed by atoms with Crippen molar-refractivity contribution >= 4 is 11.9 Å². The third kappa shape index (κ3) is 15.8. The molecule has 0 fully saturated rings. The second-order valence-electron chi connectivity index (χ2n) is 6.23. The number of hydrogen-bond acceptors (Lipinski definition) is 6. The highest BCUT2D eigenvalue weighted by Crippen LogP contribution is 2.05. The molecule has 3 N–H and O–H groups in total. The van der Waals surface area contributed by atoms with Crippen LogP contribution in [0.3, 0.4) is 0 Å². The Labute approximate surface area is 154 Å². The first-order valence-corrected chi connectivity index (χ1v) is 8.48. The van der Waals surface area contributed by atoms with Crippen LogP contribution in [0.15, 0.2) is 24.3 Å². The molecule has 0 radical (unpaired) electrons. The van der Waals surface area contributed by atoms with E-state index in [4.69, 9.17) is 24.4 Å². The van der Waals surface area contributed by atoms with E-state index in [0.717, 1.165) is 12.2 Å². The SMILES string of the molecule is C[C@H](O)COC[C@H](COC[C@H](C)/C=C/C(=O)O)OC[C@H](C)/C=C/C(=O)O. The zero-order valence-corrected chi connectivity index (χ0v) is 15.5. The molecule has 0 spiro atoms. The molecule has 0 aromatic carbocycles. The highest BCUT2D eigenvalue weighted by molar-refractivity contribution is 5.80. The highest BCUT2D eigenvalue weighted by Gasteiger charge is 2.13. The molecule has 0 saturated carbocycles. The second-order valence-corrected chi connectivity index (χ2v) is 6.23. The summed E-state index contributed by atoms with van der Waals surface area (Å²) in [5.41, 5.74) is 0. The summed E-state index contributed by atoms with van der Waals surface area (Å²) in [4.78, 5) is 21.0. The quantitative estimate of drug-likeness (QED) is 0.367. The average molecular weight is 374 g/mol. The minimum Gasteiger partial charge on any atom is -0.478 e. The van der Waals surface area contributed by atoms with Gasteiger partial charge in [0, 0.05) is 12.2 Å². The Morgan fingerprint density at radius 2 is 1.27 bits per heavy atom. The largest absolute Gasteiger partial charge is 0.478 e. The van der Waals surface area contributed by atoms with Crippen LogP contribution in [-0.2, 0) is 23.8 Å². The fourth-order valence-corrected chi connectivity index (χ4v) is 1.79. The number of ether oxygens (including phenoxy) is 3. The summed E-state index contributed by atoms with van der Waals surface area (Å²) in [5.74, 6) is -2.18. The summed E-state index contributed by atoms with van der Waals surface area (Å²) in [7, 11) is 0. The Bertz CT molecular complexity index is 458. The van der Waals surface area contributed by atoms with Crippen LogP contribution in [0.2, 0.25) is 0 Å². The monoisotopic (exact) mass is 374 g/mol. The predicted molar refractivity (Wildman–Crippen MR) is 94.9 cm³/mol. The van der Waals surface area contributed by atoms with Crippen molar-refractivity contribution in [3.05, 3.63) is 24.3 Å². The second kappa shape index (κ2) is 14.4. The van der Waals surface area contributed by atoms with Gasteiger partial charge in [-0.2, -0.15) is 0 Å². The van der Waals surface area contributed by atoms with Gasteiger partial charge in [0.25, 0.3) is 0 Å². The van der Waals surface area contributed by atoms with E-state index in [1.807, 2.05) is 13.8 Å². The molecular weight excluding hydrogens is 344 g/mol. The molecule has 0 bridgehead atoms. The van der Waals surface area contributed by atoms with Crippen LogP contribution in [0.25, 0.3) is 0 Å². The molecule has 8 nitrogen and oxygen atoms in total. The van der Waals surface area contributed by atoms with Crippen molar-refractivity contribution < 1.29 is 39.1 Å². The molecule has 0 unspecified atom stereocenters. The van der Waals surface area contributed by atoms with E-state index >= 15 is 0 Å². The van der Waals surface area contributed by atoms with Gasteiger partial charge in [-0.3, -0.25) is 0 Å². The number of carboxylic acids is 2. The average Bonchev–Trinajstić information content (AvgIpc) is 2.55. The normalized spacial score (nSPS) is 16.6. The van der Waals surface area contributed by atoms with E-state index in [1.54, 1.807) is 13.0 Å². The van der Waals surface area contributed by atoms with E-state index in [9.17, 15) is 14.7 Å². The molecular formula is C18H30O8. The first-order valence-electron chi connectivity index (χ1n) is 8.48. The topological polar surface area (TPSA) is 123 Å². The Morgan fingerprint density at radius 1 is 0.808 bits per heavy atom.